The molecule has 1 aromatic carbocycles. The highest BCUT2D eigenvalue weighted by Gasteiger charge is 2.34. The van der Waals surface area contributed by atoms with Gasteiger partial charge >= 0.3 is 0 Å². The van der Waals surface area contributed by atoms with Crippen LogP contribution in [0.25, 0.3) is 0 Å². The van der Waals surface area contributed by atoms with Crippen molar-refractivity contribution in [2.45, 2.75) is 25.9 Å². The van der Waals surface area contributed by atoms with Crippen LogP contribution in [0.1, 0.15) is 29.3 Å². The van der Waals surface area contributed by atoms with Gasteiger partial charge in [0.1, 0.15) is 0 Å². The summed E-state index contributed by atoms with van der Waals surface area (Å²) in [5.74, 6) is -0.0935. The van der Waals surface area contributed by atoms with Gasteiger partial charge in [0.2, 0.25) is 0 Å². The van der Waals surface area contributed by atoms with Crippen LogP contribution in [0.4, 0.5) is 5.69 Å². The molecule has 1 aliphatic rings. The molecule has 1 aromatic rings. The Labute approximate surface area is 101 Å². The molecule has 1 atom stereocenters. The zero-order valence-electron chi connectivity index (χ0n) is 10.2. The number of hydrogen-bond acceptors (Lipinski definition) is 3. The van der Waals surface area contributed by atoms with Crippen LogP contribution >= 0.6 is 0 Å². The van der Waals surface area contributed by atoms with Gasteiger partial charge in [0.25, 0.3) is 5.91 Å². The molecule has 0 bridgehead atoms. The molecule has 4 heteroatoms. The number of para-hydroxylation sites is 1. The molecule has 0 spiro atoms. The van der Waals surface area contributed by atoms with Gasteiger partial charge in [0, 0.05) is 18.8 Å². The second-order valence-electron chi connectivity index (χ2n) is 5.01. The van der Waals surface area contributed by atoms with Crippen molar-refractivity contribution >= 4 is 11.6 Å². The summed E-state index contributed by atoms with van der Waals surface area (Å²) in [6.45, 7) is 4.59. The summed E-state index contributed by atoms with van der Waals surface area (Å²) < 4.78 is 0. The Kier molecular flexibility index (Phi) is 2.83. The number of nitrogens with two attached hydrogens (primary N) is 1. The predicted octanol–water partition coefficient (Wildman–Crippen LogP) is 1.17. The molecule has 2 rings (SSSR count). The number of amides is 1. The fourth-order valence-electron chi connectivity index (χ4n) is 2.16. The van der Waals surface area contributed by atoms with Crippen molar-refractivity contribution in [3.05, 3.63) is 29.3 Å². The molecule has 0 saturated carbocycles. The summed E-state index contributed by atoms with van der Waals surface area (Å²) >= 11 is 0. The average Bonchev–Trinajstić information content (AvgIpc) is 2.62. The number of carbonyl (C=O) groups excluding carboxylic acids is 1. The lowest BCUT2D eigenvalue weighted by Crippen LogP contribution is -2.34. The maximum absolute atomic E-state index is 12.2. The summed E-state index contributed by atoms with van der Waals surface area (Å²) in [6.07, 6.45) is 0.616. The number of aryl methyl sites for hydroxylation is 1. The SMILES string of the molecule is Cc1cccc(C(=O)N2CCC(C)(O)C2)c1N. The Morgan fingerprint density at radius 1 is 1.53 bits per heavy atom. The summed E-state index contributed by atoms with van der Waals surface area (Å²) in [6, 6.07) is 5.44. The van der Waals surface area contributed by atoms with E-state index in [2.05, 4.69) is 0 Å². The highest BCUT2D eigenvalue weighted by Crippen LogP contribution is 2.24. The fraction of sp³-hybridized carbons (Fsp3) is 0.462. The number of benzene rings is 1. The van der Waals surface area contributed by atoms with Gasteiger partial charge in [-0.3, -0.25) is 4.79 Å². The molecule has 92 valence electrons. The Morgan fingerprint density at radius 2 is 2.24 bits per heavy atom. The smallest absolute Gasteiger partial charge is 0.256 e. The standard InChI is InChI=1S/C13H18N2O2/c1-9-4-3-5-10(11(9)14)12(16)15-7-6-13(2,17)8-15/h3-5,17H,6-8,14H2,1-2H3. The molecule has 0 aliphatic carbocycles. The Morgan fingerprint density at radius 3 is 2.82 bits per heavy atom. The van der Waals surface area contributed by atoms with Crippen LogP contribution in [0.5, 0.6) is 0 Å². The second kappa shape index (κ2) is 4.04. The summed E-state index contributed by atoms with van der Waals surface area (Å²) in [5, 5.41) is 9.86. The molecule has 1 heterocycles. The maximum Gasteiger partial charge on any atom is 0.256 e. The van der Waals surface area contributed by atoms with E-state index in [-0.39, 0.29) is 5.91 Å². The van der Waals surface area contributed by atoms with E-state index in [9.17, 15) is 9.90 Å². The second-order valence-corrected chi connectivity index (χ2v) is 5.01. The molecule has 1 fully saturated rings. The number of nitrogens with zero attached hydrogens (tertiary/aromatic N) is 1. The highest BCUT2D eigenvalue weighted by atomic mass is 16.3. The number of rotatable bonds is 1. The Hall–Kier alpha value is -1.55. The molecule has 4 nitrogen and oxygen atoms in total. The van der Waals surface area contributed by atoms with E-state index < -0.39 is 5.60 Å². The van der Waals surface area contributed by atoms with E-state index in [1.54, 1.807) is 17.9 Å². The maximum atomic E-state index is 12.2. The number of carbonyl (C=O) groups is 1. The van der Waals surface area contributed by atoms with Gasteiger partial charge in [-0.15, -0.1) is 0 Å². The summed E-state index contributed by atoms with van der Waals surface area (Å²) in [7, 11) is 0. The topological polar surface area (TPSA) is 66.6 Å². The van der Waals surface area contributed by atoms with Crippen molar-refractivity contribution in [3.63, 3.8) is 0 Å². The monoisotopic (exact) mass is 234 g/mol. The zero-order valence-corrected chi connectivity index (χ0v) is 10.2. The predicted molar refractivity (Wildman–Crippen MR) is 66.7 cm³/mol. The molecule has 1 amide bonds. The van der Waals surface area contributed by atoms with Crippen molar-refractivity contribution in [1.29, 1.82) is 0 Å². The number of nitrogen functional groups attached to an aromatic ring is 1. The van der Waals surface area contributed by atoms with E-state index in [1.807, 2.05) is 19.1 Å². The molecule has 17 heavy (non-hydrogen) atoms. The van der Waals surface area contributed by atoms with E-state index in [0.29, 0.717) is 30.8 Å². The number of β-amino-alcohol motifs (C(OH)–C–C–N with tert-alkyl or cyclic N) is 1. The van der Waals surface area contributed by atoms with Crippen molar-refractivity contribution < 1.29 is 9.90 Å². The Bertz CT molecular complexity index is 455. The summed E-state index contributed by atoms with van der Waals surface area (Å²) in [5.41, 5.74) is 7.11. The third kappa shape index (κ3) is 2.26. The van der Waals surface area contributed by atoms with Crippen molar-refractivity contribution in [1.82, 2.24) is 4.90 Å². The summed E-state index contributed by atoms with van der Waals surface area (Å²) in [4.78, 5) is 13.9. The van der Waals surface area contributed by atoms with E-state index >= 15 is 0 Å². The van der Waals surface area contributed by atoms with E-state index in [1.165, 1.54) is 0 Å². The molecule has 1 aliphatic heterocycles. The van der Waals surface area contributed by atoms with Crippen LogP contribution in [-0.4, -0.2) is 34.6 Å². The lowest BCUT2D eigenvalue weighted by Gasteiger charge is -2.20. The van der Waals surface area contributed by atoms with Crippen molar-refractivity contribution in [3.8, 4) is 0 Å². The number of anilines is 1. The largest absolute Gasteiger partial charge is 0.398 e. The first-order valence-electron chi connectivity index (χ1n) is 5.77. The minimum Gasteiger partial charge on any atom is -0.398 e. The third-order valence-corrected chi connectivity index (χ3v) is 3.29. The Balaban J connectivity index is 2.24. The molecular weight excluding hydrogens is 216 g/mol. The van der Waals surface area contributed by atoms with Crippen LogP contribution in [0.15, 0.2) is 18.2 Å². The molecule has 1 saturated heterocycles. The van der Waals surface area contributed by atoms with E-state index in [4.69, 9.17) is 5.73 Å². The quantitative estimate of drug-likeness (QED) is 0.717. The van der Waals surface area contributed by atoms with Crippen molar-refractivity contribution in [2.75, 3.05) is 18.8 Å². The minimum atomic E-state index is -0.770. The third-order valence-electron chi connectivity index (χ3n) is 3.29. The van der Waals surface area contributed by atoms with Gasteiger partial charge in [0.15, 0.2) is 0 Å². The first kappa shape index (κ1) is 11.9. The molecule has 3 N–H and O–H groups in total. The first-order valence-corrected chi connectivity index (χ1v) is 5.77. The minimum absolute atomic E-state index is 0.0935. The molecule has 0 radical (unpaired) electrons. The first-order chi connectivity index (χ1) is 7.91. The van der Waals surface area contributed by atoms with Gasteiger partial charge in [-0.1, -0.05) is 12.1 Å². The van der Waals surface area contributed by atoms with Crippen LogP contribution in [-0.2, 0) is 0 Å². The van der Waals surface area contributed by atoms with Gasteiger partial charge < -0.3 is 15.7 Å². The highest BCUT2D eigenvalue weighted by molar-refractivity contribution is 5.99. The van der Waals surface area contributed by atoms with Gasteiger partial charge in [-0.2, -0.15) is 0 Å². The van der Waals surface area contributed by atoms with Crippen LogP contribution < -0.4 is 5.73 Å². The molecular formula is C13H18N2O2. The van der Waals surface area contributed by atoms with Crippen LogP contribution in [0, 0.1) is 6.92 Å². The lowest BCUT2D eigenvalue weighted by atomic mass is 10.1. The van der Waals surface area contributed by atoms with Gasteiger partial charge in [-0.25, -0.2) is 0 Å². The fourth-order valence-corrected chi connectivity index (χ4v) is 2.16. The number of aliphatic hydroxyl groups is 1. The number of hydrogen-bond donors (Lipinski definition) is 2. The zero-order chi connectivity index (χ0) is 12.6. The lowest BCUT2D eigenvalue weighted by molar-refractivity contribution is 0.0572. The molecule has 0 aromatic heterocycles. The van der Waals surface area contributed by atoms with Crippen LogP contribution in [0.3, 0.4) is 0 Å². The van der Waals surface area contributed by atoms with Crippen molar-refractivity contribution in [2.24, 2.45) is 0 Å². The van der Waals surface area contributed by atoms with E-state index in [0.717, 1.165) is 5.56 Å². The van der Waals surface area contributed by atoms with Gasteiger partial charge in [0.05, 0.1) is 11.2 Å². The normalized spacial score (nSPS) is 24.1. The number of likely N-dealkylation sites (tertiary alicyclic amines) is 1. The van der Waals surface area contributed by atoms with Gasteiger partial charge in [-0.05, 0) is 31.9 Å². The molecule has 1 unspecified atom stereocenters. The van der Waals surface area contributed by atoms with Crippen LogP contribution in [0.2, 0.25) is 0 Å². The average molecular weight is 234 g/mol.